The summed E-state index contributed by atoms with van der Waals surface area (Å²) in [5, 5.41) is 3.31. The maximum atomic E-state index is 14.4. The molecule has 1 heterocycles. The van der Waals surface area contributed by atoms with Crippen LogP contribution in [0.25, 0.3) is 0 Å². The van der Waals surface area contributed by atoms with Crippen molar-refractivity contribution in [2.45, 2.75) is 52.3 Å². The highest BCUT2D eigenvalue weighted by atomic mass is 19.1. The summed E-state index contributed by atoms with van der Waals surface area (Å²) < 4.78 is 20.1. The number of hydrogen-bond acceptors (Lipinski definition) is 3. The van der Waals surface area contributed by atoms with Crippen molar-refractivity contribution >= 4 is 5.69 Å². The highest BCUT2D eigenvalue weighted by Crippen LogP contribution is 2.25. The molecular weight excluding hydrogens is 267 g/mol. The molecule has 1 aliphatic heterocycles. The molecule has 118 valence electrons. The number of hydrogen-bond donors (Lipinski definition) is 1. The summed E-state index contributed by atoms with van der Waals surface area (Å²) in [7, 11) is 0. The fourth-order valence-electron chi connectivity index (χ4n) is 2.77. The van der Waals surface area contributed by atoms with Crippen LogP contribution in [0.5, 0.6) is 0 Å². The zero-order valence-corrected chi connectivity index (χ0v) is 13.4. The highest BCUT2D eigenvalue weighted by molar-refractivity contribution is 5.49. The molecule has 0 spiro atoms. The van der Waals surface area contributed by atoms with Gasteiger partial charge in [0.2, 0.25) is 0 Å². The van der Waals surface area contributed by atoms with Crippen molar-refractivity contribution in [1.29, 1.82) is 0 Å². The molecule has 1 saturated heterocycles. The summed E-state index contributed by atoms with van der Waals surface area (Å²) in [6, 6.07) is 5.97. The Morgan fingerprint density at radius 2 is 2.24 bits per heavy atom. The van der Waals surface area contributed by atoms with Crippen LogP contribution in [0.2, 0.25) is 0 Å². The minimum absolute atomic E-state index is 0.129. The number of rotatable bonds is 6. The van der Waals surface area contributed by atoms with Gasteiger partial charge in [0, 0.05) is 32.3 Å². The normalized spacial score (nSPS) is 19.3. The van der Waals surface area contributed by atoms with Crippen LogP contribution in [0.4, 0.5) is 10.1 Å². The molecular formula is C17H27FN2O. The highest BCUT2D eigenvalue weighted by Gasteiger charge is 2.22. The Bertz CT molecular complexity index is 448. The second kappa shape index (κ2) is 7.76. The van der Waals surface area contributed by atoms with Gasteiger partial charge in [-0.3, -0.25) is 0 Å². The Labute approximate surface area is 127 Å². The van der Waals surface area contributed by atoms with E-state index >= 15 is 0 Å². The van der Waals surface area contributed by atoms with Gasteiger partial charge in [0.05, 0.1) is 11.8 Å². The van der Waals surface area contributed by atoms with Gasteiger partial charge in [-0.15, -0.1) is 0 Å². The minimum Gasteiger partial charge on any atom is -0.377 e. The van der Waals surface area contributed by atoms with E-state index in [1.807, 2.05) is 19.1 Å². The lowest BCUT2D eigenvalue weighted by atomic mass is 10.1. The number of nitrogens with one attached hydrogen (secondary N) is 1. The van der Waals surface area contributed by atoms with Crippen LogP contribution in [0, 0.1) is 5.82 Å². The third-order valence-corrected chi connectivity index (χ3v) is 3.85. The number of piperidine rings is 1. The molecule has 0 aliphatic carbocycles. The molecule has 21 heavy (non-hydrogen) atoms. The molecule has 0 aromatic heterocycles. The van der Waals surface area contributed by atoms with Crippen LogP contribution in [0.3, 0.4) is 0 Å². The van der Waals surface area contributed by atoms with Gasteiger partial charge in [0.15, 0.2) is 0 Å². The molecule has 0 bridgehead atoms. The van der Waals surface area contributed by atoms with Gasteiger partial charge in [0.25, 0.3) is 0 Å². The molecule has 1 aromatic rings. The maximum Gasteiger partial charge on any atom is 0.146 e. The van der Waals surface area contributed by atoms with E-state index in [1.165, 1.54) is 0 Å². The first kappa shape index (κ1) is 16.2. The van der Waals surface area contributed by atoms with E-state index in [9.17, 15) is 4.39 Å². The minimum atomic E-state index is -0.129. The molecule has 0 radical (unpaired) electrons. The average molecular weight is 294 g/mol. The molecule has 1 unspecified atom stereocenters. The second-order valence-corrected chi connectivity index (χ2v) is 5.99. The van der Waals surface area contributed by atoms with Crippen LogP contribution >= 0.6 is 0 Å². The predicted octanol–water partition coefficient (Wildman–Crippen LogP) is 3.33. The molecule has 1 atom stereocenters. The van der Waals surface area contributed by atoms with Crippen molar-refractivity contribution < 1.29 is 9.13 Å². The lowest BCUT2D eigenvalue weighted by Gasteiger charge is -2.34. The van der Waals surface area contributed by atoms with Crippen LogP contribution < -0.4 is 10.2 Å². The molecule has 1 aromatic carbocycles. The Kier molecular flexibility index (Phi) is 6.00. The molecule has 0 saturated carbocycles. The average Bonchev–Trinajstić information content (AvgIpc) is 2.46. The topological polar surface area (TPSA) is 24.5 Å². The molecule has 0 amide bonds. The SMILES string of the molecule is CCOC1CCCN(c2ccc(CNC(C)C)cc2F)C1. The lowest BCUT2D eigenvalue weighted by Crippen LogP contribution is -2.40. The van der Waals surface area contributed by atoms with Gasteiger partial charge in [-0.2, -0.15) is 0 Å². The number of halogens is 1. The van der Waals surface area contributed by atoms with Gasteiger partial charge in [-0.05, 0) is 37.5 Å². The largest absolute Gasteiger partial charge is 0.377 e. The zero-order chi connectivity index (χ0) is 15.2. The van der Waals surface area contributed by atoms with Gasteiger partial charge < -0.3 is 15.0 Å². The fraction of sp³-hybridized carbons (Fsp3) is 0.647. The van der Waals surface area contributed by atoms with Crippen molar-refractivity contribution in [3.8, 4) is 0 Å². The molecule has 2 rings (SSSR count). The molecule has 1 N–H and O–H groups in total. The summed E-state index contributed by atoms with van der Waals surface area (Å²) in [6.45, 7) is 9.31. The van der Waals surface area contributed by atoms with Crippen molar-refractivity contribution in [2.24, 2.45) is 0 Å². The monoisotopic (exact) mass is 294 g/mol. The third-order valence-electron chi connectivity index (χ3n) is 3.85. The number of benzene rings is 1. The molecule has 1 aliphatic rings. The Hall–Kier alpha value is -1.13. The summed E-state index contributed by atoms with van der Waals surface area (Å²) in [6.07, 6.45) is 2.36. The third kappa shape index (κ3) is 4.68. The van der Waals surface area contributed by atoms with E-state index < -0.39 is 0 Å². The standard InChI is InChI=1S/C17H27FN2O/c1-4-21-15-6-5-9-20(12-15)17-8-7-14(10-16(17)18)11-19-13(2)3/h7-8,10,13,15,19H,4-6,9,11-12H2,1-3H3. The quantitative estimate of drug-likeness (QED) is 0.871. The smallest absolute Gasteiger partial charge is 0.146 e. The van der Waals surface area contributed by atoms with E-state index in [0.717, 1.165) is 38.1 Å². The van der Waals surface area contributed by atoms with Crippen LogP contribution in [-0.2, 0) is 11.3 Å². The van der Waals surface area contributed by atoms with Gasteiger partial charge >= 0.3 is 0 Å². The van der Waals surface area contributed by atoms with E-state index in [0.29, 0.717) is 18.3 Å². The number of nitrogens with zero attached hydrogens (tertiary/aromatic N) is 1. The van der Waals surface area contributed by atoms with Gasteiger partial charge in [-0.1, -0.05) is 19.9 Å². The Morgan fingerprint density at radius 1 is 1.43 bits per heavy atom. The van der Waals surface area contributed by atoms with Crippen molar-refractivity contribution in [3.63, 3.8) is 0 Å². The molecule has 1 fully saturated rings. The zero-order valence-electron chi connectivity index (χ0n) is 13.4. The van der Waals surface area contributed by atoms with Crippen molar-refractivity contribution in [3.05, 3.63) is 29.6 Å². The first-order chi connectivity index (χ1) is 10.1. The Morgan fingerprint density at radius 3 is 2.90 bits per heavy atom. The lowest BCUT2D eigenvalue weighted by molar-refractivity contribution is 0.0525. The fourth-order valence-corrected chi connectivity index (χ4v) is 2.77. The summed E-state index contributed by atoms with van der Waals surface area (Å²) in [4.78, 5) is 2.11. The van der Waals surface area contributed by atoms with Crippen molar-refractivity contribution in [2.75, 3.05) is 24.6 Å². The summed E-state index contributed by atoms with van der Waals surface area (Å²) in [5.41, 5.74) is 1.69. The van der Waals surface area contributed by atoms with Gasteiger partial charge in [-0.25, -0.2) is 4.39 Å². The van der Waals surface area contributed by atoms with E-state index in [-0.39, 0.29) is 11.9 Å². The summed E-state index contributed by atoms with van der Waals surface area (Å²) >= 11 is 0. The predicted molar refractivity (Wildman–Crippen MR) is 85.2 cm³/mol. The first-order valence-corrected chi connectivity index (χ1v) is 7.98. The van der Waals surface area contributed by atoms with E-state index in [2.05, 4.69) is 24.1 Å². The number of anilines is 1. The molecule has 4 heteroatoms. The van der Waals surface area contributed by atoms with E-state index in [4.69, 9.17) is 4.74 Å². The Balaban J connectivity index is 2.02. The number of ether oxygens (including phenoxy) is 1. The van der Waals surface area contributed by atoms with Gasteiger partial charge in [0.1, 0.15) is 5.82 Å². The molecule has 3 nitrogen and oxygen atoms in total. The first-order valence-electron chi connectivity index (χ1n) is 7.98. The van der Waals surface area contributed by atoms with Crippen LogP contribution in [0.15, 0.2) is 18.2 Å². The summed E-state index contributed by atoms with van der Waals surface area (Å²) in [5.74, 6) is -0.129. The van der Waals surface area contributed by atoms with Crippen LogP contribution in [0.1, 0.15) is 39.2 Å². The maximum absolute atomic E-state index is 14.4. The van der Waals surface area contributed by atoms with Crippen molar-refractivity contribution in [1.82, 2.24) is 5.32 Å². The second-order valence-electron chi connectivity index (χ2n) is 5.99. The van der Waals surface area contributed by atoms with E-state index in [1.54, 1.807) is 6.07 Å². The van der Waals surface area contributed by atoms with Crippen LogP contribution in [-0.4, -0.2) is 31.8 Å².